The molecule has 1 heterocycles. The molecule has 0 radical (unpaired) electrons. The fourth-order valence-electron chi connectivity index (χ4n) is 2.54. The monoisotopic (exact) mass is 256 g/mol. The average molecular weight is 256 g/mol. The minimum absolute atomic E-state index is 0.439. The number of anilines is 1. The Bertz CT molecular complexity index is 558. The van der Waals surface area contributed by atoms with Crippen molar-refractivity contribution in [1.82, 2.24) is 4.98 Å². The van der Waals surface area contributed by atoms with Gasteiger partial charge >= 0.3 is 0 Å². The maximum atomic E-state index is 5.20. The number of methoxy groups -OCH3 is 1. The second-order valence-corrected chi connectivity index (χ2v) is 5.48. The highest BCUT2D eigenvalue weighted by Crippen LogP contribution is 2.48. The Labute approximate surface area is 114 Å². The number of hydrogen-bond donors (Lipinski definition) is 1. The second kappa shape index (κ2) is 5.17. The van der Waals surface area contributed by atoms with Crippen molar-refractivity contribution in [2.45, 2.75) is 19.3 Å². The smallest absolute Gasteiger partial charge is 0.133 e. The number of benzene rings is 1. The van der Waals surface area contributed by atoms with Gasteiger partial charge in [-0.25, -0.2) is 4.98 Å². The van der Waals surface area contributed by atoms with E-state index >= 15 is 0 Å². The average Bonchev–Trinajstić information content (AvgIpc) is 3.23. The third-order valence-corrected chi connectivity index (χ3v) is 4.10. The van der Waals surface area contributed by atoms with Crippen LogP contribution in [0.4, 0.5) is 5.82 Å². The number of nitrogens with zero attached hydrogens (tertiary/aromatic N) is 1. The van der Waals surface area contributed by atoms with Gasteiger partial charge < -0.3 is 10.1 Å². The largest absolute Gasteiger partial charge is 0.385 e. The second-order valence-electron chi connectivity index (χ2n) is 5.48. The van der Waals surface area contributed by atoms with E-state index in [0.717, 1.165) is 25.4 Å². The Hall–Kier alpha value is -1.61. The molecule has 1 saturated carbocycles. The van der Waals surface area contributed by atoms with Gasteiger partial charge in [0.1, 0.15) is 5.82 Å². The van der Waals surface area contributed by atoms with Gasteiger partial charge in [-0.1, -0.05) is 24.3 Å². The first-order chi connectivity index (χ1) is 9.33. The number of hydrogen-bond acceptors (Lipinski definition) is 3. The Balaban J connectivity index is 1.72. The van der Waals surface area contributed by atoms with Crippen LogP contribution < -0.4 is 5.32 Å². The fraction of sp³-hybridized carbons (Fsp3) is 0.438. The minimum atomic E-state index is 0.439. The van der Waals surface area contributed by atoms with E-state index < -0.39 is 0 Å². The molecule has 3 nitrogen and oxygen atoms in total. The van der Waals surface area contributed by atoms with Crippen molar-refractivity contribution in [1.29, 1.82) is 0 Å². The third-order valence-electron chi connectivity index (χ3n) is 4.10. The van der Waals surface area contributed by atoms with Gasteiger partial charge in [0.25, 0.3) is 0 Å². The van der Waals surface area contributed by atoms with Gasteiger partial charge in [-0.2, -0.15) is 0 Å². The summed E-state index contributed by atoms with van der Waals surface area (Å²) >= 11 is 0. The molecular formula is C16H20N2O. The molecule has 3 rings (SSSR count). The molecule has 0 amide bonds. The Kier molecular flexibility index (Phi) is 3.38. The summed E-state index contributed by atoms with van der Waals surface area (Å²) in [4.78, 5) is 4.48. The highest BCUT2D eigenvalue weighted by atomic mass is 16.5. The summed E-state index contributed by atoms with van der Waals surface area (Å²) in [6, 6.07) is 10.4. The van der Waals surface area contributed by atoms with Crippen LogP contribution in [0.15, 0.2) is 36.5 Å². The molecule has 100 valence electrons. The molecule has 0 unspecified atom stereocenters. The van der Waals surface area contributed by atoms with Crippen LogP contribution in [0.2, 0.25) is 0 Å². The van der Waals surface area contributed by atoms with Crippen LogP contribution in [-0.2, 0) is 4.74 Å². The van der Waals surface area contributed by atoms with Gasteiger partial charge in [-0.15, -0.1) is 0 Å². The summed E-state index contributed by atoms with van der Waals surface area (Å²) in [5, 5.41) is 5.97. The molecular weight excluding hydrogens is 236 g/mol. The summed E-state index contributed by atoms with van der Waals surface area (Å²) in [6.07, 6.45) is 5.61. The Morgan fingerprint density at radius 2 is 2.11 bits per heavy atom. The number of pyridine rings is 1. The Morgan fingerprint density at radius 3 is 2.89 bits per heavy atom. The molecule has 0 bridgehead atoms. The maximum absolute atomic E-state index is 5.20. The van der Waals surface area contributed by atoms with Crippen LogP contribution in [0, 0.1) is 5.41 Å². The first-order valence-corrected chi connectivity index (χ1v) is 6.90. The molecule has 3 heteroatoms. The number of nitrogens with one attached hydrogen (secondary N) is 1. The number of ether oxygens (including phenoxy) is 1. The first-order valence-electron chi connectivity index (χ1n) is 6.90. The summed E-state index contributed by atoms with van der Waals surface area (Å²) in [5.41, 5.74) is 0.439. The molecule has 2 aromatic rings. The van der Waals surface area contributed by atoms with Gasteiger partial charge in [0.05, 0.1) is 0 Å². The molecule has 0 atom stereocenters. The quantitative estimate of drug-likeness (QED) is 0.859. The molecule has 1 fully saturated rings. The van der Waals surface area contributed by atoms with Gasteiger partial charge in [0.2, 0.25) is 0 Å². The van der Waals surface area contributed by atoms with Crippen molar-refractivity contribution in [3.05, 3.63) is 36.5 Å². The zero-order valence-electron chi connectivity index (χ0n) is 11.4. The zero-order valence-corrected chi connectivity index (χ0v) is 11.4. The molecule has 0 spiro atoms. The Morgan fingerprint density at radius 1 is 1.26 bits per heavy atom. The molecule has 0 aliphatic heterocycles. The van der Waals surface area contributed by atoms with Crippen LogP contribution in [0.5, 0.6) is 0 Å². The molecule has 1 N–H and O–H groups in total. The van der Waals surface area contributed by atoms with Gasteiger partial charge in [0, 0.05) is 31.8 Å². The van der Waals surface area contributed by atoms with E-state index in [1.54, 1.807) is 7.11 Å². The van der Waals surface area contributed by atoms with Gasteiger partial charge in [-0.3, -0.25) is 0 Å². The molecule has 1 aliphatic carbocycles. The van der Waals surface area contributed by atoms with Crippen LogP contribution in [0.1, 0.15) is 19.3 Å². The summed E-state index contributed by atoms with van der Waals surface area (Å²) in [6.45, 7) is 1.85. The predicted octanol–water partition coefficient (Wildman–Crippen LogP) is 3.46. The lowest BCUT2D eigenvalue weighted by Gasteiger charge is -2.16. The standard InChI is InChI=1S/C16H20N2O/c1-19-11-9-16(7-8-16)12-18-15-14-5-3-2-4-13(14)6-10-17-15/h2-6,10H,7-9,11-12H2,1H3,(H,17,18). The maximum Gasteiger partial charge on any atom is 0.133 e. The lowest BCUT2D eigenvalue weighted by molar-refractivity contribution is 0.175. The lowest BCUT2D eigenvalue weighted by atomic mass is 10.0. The zero-order chi connectivity index (χ0) is 13.1. The summed E-state index contributed by atoms with van der Waals surface area (Å²) in [7, 11) is 1.77. The van der Waals surface area contributed by atoms with E-state index in [0.29, 0.717) is 5.41 Å². The number of fused-ring (bicyclic) bond motifs is 1. The van der Waals surface area contributed by atoms with Crippen molar-refractivity contribution >= 4 is 16.6 Å². The van der Waals surface area contributed by atoms with E-state index in [9.17, 15) is 0 Å². The fourth-order valence-corrected chi connectivity index (χ4v) is 2.54. The van der Waals surface area contributed by atoms with Crippen LogP contribution >= 0.6 is 0 Å². The minimum Gasteiger partial charge on any atom is -0.385 e. The molecule has 19 heavy (non-hydrogen) atoms. The first kappa shape index (κ1) is 12.4. The van der Waals surface area contributed by atoms with Crippen LogP contribution in [0.25, 0.3) is 10.8 Å². The van der Waals surface area contributed by atoms with Gasteiger partial charge in [-0.05, 0) is 36.1 Å². The van der Waals surface area contributed by atoms with E-state index in [2.05, 4.69) is 40.6 Å². The summed E-state index contributed by atoms with van der Waals surface area (Å²) in [5.74, 6) is 1.00. The van der Waals surface area contributed by atoms with Crippen LogP contribution in [-0.4, -0.2) is 25.2 Å². The summed E-state index contributed by atoms with van der Waals surface area (Å²) < 4.78 is 5.20. The van der Waals surface area contributed by atoms with E-state index in [1.165, 1.54) is 23.6 Å². The van der Waals surface area contributed by atoms with E-state index in [4.69, 9.17) is 4.74 Å². The number of rotatable bonds is 6. The number of aromatic nitrogens is 1. The van der Waals surface area contributed by atoms with Crippen molar-refractivity contribution in [2.24, 2.45) is 5.41 Å². The topological polar surface area (TPSA) is 34.1 Å². The molecule has 1 aromatic heterocycles. The SMILES string of the molecule is COCCC1(CNc2nccc3ccccc23)CC1. The van der Waals surface area contributed by atoms with E-state index in [-0.39, 0.29) is 0 Å². The van der Waals surface area contributed by atoms with Crippen molar-refractivity contribution in [3.8, 4) is 0 Å². The van der Waals surface area contributed by atoms with Crippen molar-refractivity contribution in [3.63, 3.8) is 0 Å². The van der Waals surface area contributed by atoms with E-state index in [1.807, 2.05) is 6.20 Å². The van der Waals surface area contributed by atoms with Crippen molar-refractivity contribution in [2.75, 3.05) is 25.6 Å². The molecule has 1 aliphatic rings. The van der Waals surface area contributed by atoms with Crippen molar-refractivity contribution < 1.29 is 4.74 Å². The predicted molar refractivity (Wildman–Crippen MR) is 78.4 cm³/mol. The van der Waals surface area contributed by atoms with Crippen LogP contribution in [0.3, 0.4) is 0 Å². The molecule has 1 aromatic carbocycles. The van der Waals surface area contributed by atoms with Gasteiger partial charge in [0.15, 0.2) is 0 Å². The third kappa shape index (κ3) is 2.71. The highest BCUT2D eigenvalue weighted by Gasteiger charge is 2.41. The highest BCUT2D eigenvalue weighted by molar-refractivity contribution is 5.91. The molecule has 0 saturated heterocycles. The normalized spacial score (nSPS) is 16.5. The lowest BCUT2D eigenvalue weighted by Crippen LogP contribution is -2.18.